The quantitative estimate of drug-likeness (QED) is 0.714. The van der Waals surface area contributed by atoms with Gasteiger partial charge in [0.2, 0.25) is 10.0 Å². The minimum atomic E-state index is -3.67. The molecule has 0 radical (unpaired) electrons. The zero-order chi connectivity index (χ0) is 16.0. The van der Waals surface area contributed by atoms with Crippen LogP contribution in [0.5, 0.6) is 0 Å². The molecule has 0 spiro atoms. The minimum Gasteiger partial charge on any atom is -0.388 e. The first kappa shape index (κ1) is 18.0. The Balaban J connectivity index is 2.80. The second-order valence-electron chi connectivity index (χ2n) is 5.56. The molecule has 0 aliphatic carbocycles. The van der Waals surface area contributed by atoms with E-state index in [0.29, 0.717) is 5.92 Å². The molecule has 0 aliphatic heterocycles. The van der Waals surface area contributed by atoms with E-state index in [2.05, 4.69) is 23.6 Å². The van der Waals surface area contributed by atoms with Gasteiger partial charge in [0.25, 0.3) is 0 Å². The van der Waals surface area contributed by atoms with Crippen LogP contribution in [0.15, 0.2) is 23.2 Å². The number of nitrogens with zero attached hydrogens (tertiary/aromatic N) is 1. The van der Waals surface area contributed by atoms with Gasteiger partial charge in [-0.05, 0) is 31.4 Å². The molecule has 118 valence electrons. The molecule has 1 atom stereocenters. The maximum atomic E-state index is 12.4. The van der Waals surface area contributed by atoms with Gasteiger partial charge in [-0.2, -0.15) is 0 Å². The van der Waals surface area contributed by atoms with Crippen molar-refractivity contribution in [2.24, 2.45) is 11.7 Å². The average molecular weight is 329 g/mol. The van der Waals surface area contributed by atoms with E-state index in [4.69, 9.17) is 18.0 Å². The van der Waals surface area contributed by atoms with Crippen LogP contribution in [-0.4, -0.2) is 24.4 Å². The molecule has 1 unspecified atom stereocenters. The lowest BCUT2D eigenvalue weighted by molar-refractivity contribution is 0.488. The van der Waals surface area contributed by atoms with Gasteiger partial charge in [-0.1, -0.05) is 38.9 Å². The minimum absolute atomic E-state index is 0.0246. The molecule has 0 aromatic carbocycles. The first-order chi connectivity index (χ1) is 9.74. The van der Waals surface area contributed by atoms with Gasteiger partial charge >= 0.3 is 0 Å². The number of hydrogen-bond donors (Lipinski definition) is 2. The van der Waals surface area contributed by atoms with Crippen LogP contribution in [0.1, 0.15) is 45.7 Å². The highest BCUT2D eigenvalue weighted by Gasteiger charge is 2.22. The fourth-order valence-corrected chi connectivity index (χ4v) is 3.69. The van der Waals surface area contributed by atoms with Crippen LogP contribution in [0.25, 0.3) is 0 Å². The molecule has 5 nitrogen and oxygen atoms in total. The second-order valence-corrected chi connectivity index (χ2v) is 7.68. The van der Waals surface area contributed by atoms with Gasteiger partial charge in [0.1, 0.15) is 15.6 Å². The highest BCUT2D eigenvalue weighted by atomic mass is 32.2. The molecule has 7 heteroatoms. The highest BCUT2D eigenvalue weighted by molar-refractivity contribution is 7.89. The molecule has 0 amide bonds. The fraction of sp³-hybridized carbons (Fsp3) is 0.571. The van der Waals surface area contributed by atoms with E-state index in [9.17, 15) is 8.42 Å². The lowest BCUT2D eigenvalue weighted by atomic mass is 10.0. The van der Waals surface area contributed by atoms with Crippen molar-refractivity contribution in [1.82, 2.24) is 9.71 Å². The maximum Gasteiger partial charge on any atom is 0.243 e. The summed E-state index contributed by atoms with van der Waals surface area (Å²) in [5.74, 6) is 0.619. The summed E-state index contributed by atoms with van der Waals surface area (Å²) in [6.45, 7) is 6.16. The third-order valence-corrected chi connectivity index (χ3v) is 4.88. The van der Waals surface area contributed by atoms with Crippen molar-refractivity contribution in [3.8, 4) is 0 Å². The van der Waals surface area contributed by atoms with Crippen molar-refractivity contribution in [2.45, 2.75) is 51.0 Å². The number of rotatable bonds is 8. The maximum absolute atomic E-state index is 12.4. The Morgan fingerprint density at radius 2 is 2.05 bits per heavy atom. The third kappa shape index (κ3) is 5.68. The summed E-state index contributed by atoms with van der Waals surface area (Å²) in [5, 5.41) is 0. The summed E-state index contributed by atoms with van der Waals surface area (Å²) in [6, 6.07) is 2.87. The van der Waals surface area contributed by atoms with Crippen LogP contribution in [0.3, 0.4) is 0 Å². The van der Waals surface area contributed by atoms with Crippen LogP contribution in [-0.2, 0) is 10.0 Å². The summed E-state index contributed by atoms with van der Waals surface area (Å²) >= 11 is 4.85. The van der Waals surface area contributed by atoms with E-state index in [1.165, 1.54) is 12.3 Å². The van der Waals surface area contributed by atoms with Crippen molar-refractivity contribution >= 4 is 27.2 Å². The molecule has 1 heterocycles. The Bertz CT molecular complexity index is 586. The second kappa shape index (κ2) is 7.82. The first-order valence-electron chi connectivity index (χ1n) is 7.01. The zero-order valence-electron chi connectivity index (χ0n) is 12.7. The molecule has 0 saturated heterocycles. The van der Waals surface area contributed by atoms with Crippen LogP contribution in [0.4, 0.5) is 0 Å². The molecule has 1 rings (SSSR count). The largest absolute Gasteiger partial charge is 0.388 e. The Hall–Kier alpha value is -1.05. The Kier molecular flexibility index (Phi) is 6.70. The number of hydrogen-bond acceptors (Lipinski definition) is 4. The predicted octanol–water partition coefficient (Wildman–Crippen LogP) is 2.21. The number of thiocarbonyl (C=S) groups is 1. The third-order valence-electron chi connectivity index (χ3n) is 3.07. The van der Waals surface area contributed by atoms with E-state index in [1.54, 1.807) is 6.07 Å². The van der Waals surface area contributed by atoms with Gasteiger partial charge < -0.3 is 5.73 Å². The summed E-state index contributed by atoms with van der Waals surface area (Å²) in [7, 11) is -3.67. The van der Waals surface area contributed by atoms with Crippen molar-refractivity contribution < 1.29 is 8.42 Å². The van der Waals surface area contributed by atoms with Gasteiger partial charge in [0.05, 0.1) is 0 Å². The van der Waals surface area contributed by atoms with E-state index < -0.39 is 10.0 Å². The molecule has 0 bridgehead atoms. The first-order valence-corrected chi connectivity index (χ1v) is 8.90. The van der Waals surface area contributed by atoms with E-state index in [1.807, 2.05) is 6.92 Å². The molecule has 1 aromatic rings. The lowest BCUT2D eigenvalue weighted by Crippen LogP contribution is -2.34. The average Bonchev–Trinajstić information content (AvgIpc) is 2.37. The predicted molar refractivity (Wildman–Crippen MR) is 88.6 cm³/mol. The van der Waals surface area contributed by atoms with Gasteiger partial charge in [0, 0.05) is 12.2 Å². The summed E-state index contributed by atoms with van der Waals surface area (Å²) in [6.07, 6.45) is 4.33. The number of pyridine rings is 1. The Morgan fingerprint density at radius 3 is 2.62 bits per heavy atom. The number of sulfonamides is 1. The molecule has 1 aromatic heterocycles. The van der Waals surface area contributed by atoms with Crippen molar-refractivity contribution in [1.29, 1.82) is 0 Å². The van der Waals surface area contributed by atoms with E-state index in [-0.39, 0.29) is 21.6 Å². The van der Waals surface area contributed by atoms with Crippen LogP contribution in [0.2, 0.25) is 0 Å². The fourth-order valence-electron chi connectivity index (χ4n) is 2.01. The van der Waals surface area contributed by atoms with Crippen LogP contribution in [0, 0.1) is 5.92 Å². The summed E-state index contributed by atoms with van der Waals surface area (Å²) < 4.78 is 27.5. The van der Waals surface area contributed by atoms with Crippen LogP contribution >= 0.6 is 12.2 Å². The molecule has 21 heavy (non-hydrogen) atoms. The smallest absolute Gasteiger partial charge is 0.243 e. The van der Waals surface area contributed by atoms with Crippen LogP contribution < -0.4 is 10.5 Å². The van der Waals surface area contributed by atoms with Gasteiger partial charge in [-0.15, -0.1) is 0 Å². The monoisotopic (exact) mass is 329 g/mol. The molecule has 0 aliphatic rings. The standard InChI is InChI=1S/C14H23N3O2S2/c1-10(2)6-4-7-11(3)17-21(18,19)12-8-5-9-16-13(12)14(15)20/h5,8-11,17H,4,6-7H2,1-3H3,(H2,15,20). The topological polar surface area (TPSA) is 85.1 Å². The lowest BCUT2D eigenvalue weighted by Gasteiger charge is -2.16. The summed E-state index contributed by atoms with van der Waals surface area (Å²) in [4.78, 5) is 3.96. The molecule has 0 saturated carbocycles. The molecule has 3 N–H and O–H groups in total. The van der Waals surface area contributed by atoms with Gasteiger partial charge in [0.15, 0.2) is 0 Å². The zero-order valence-corrected chi connectivity index (χ0v) is 14.3. The Labute approximate surface area is 132 Å². The van der Waals surface area contributed by atoms with Crippen molar-refractivity contribution in [3.63, 3.8) is 0 Å². The SMILES string of the molecule is CC(C)CCCC(C)NS(=O)(=O)c1cccnc1C(N)=S. The van der Waals surface area contributed by atoms with Gasteiger partial charge in [-0.3, -0.25) is 4.98 Å². The highest BCUT2D eigenvalue weighted by Crippen LogP contribution is 2.15. The number of aromatic nitrogens is 1. The molecule has 0 fully saturated rings. The van der Waals surface area contributed by atoms with Crippen molar-refractivity contribution in [2.75, 3.05) is 0 Å². The van der Waals surface area contributed by atoms with Gasteiger partial charge in [-0.25, -0.2) is 13.1 Å². The van der Waals surface area contributed by atoms with E-state index in [0.717, 1.165) is 19.3 Å². The number of nitrogens with two attached hydrogens (primary N) is 1. The molecular weight excluding hydrogens is 306 g/mol. The number of nitrogens with one attached hydrogen (secondary N) is 1. The van der Waals surface area contributed by atoms with Crippen molar-refractivity contribution in [3.05, 3.63) is 24.0 Å². The van der Waals surface area contributed by atoms with E-state index >= 15 is 0 Å². The Morgan fingerprint density at radius 1 is 1.38 bits per heavy atom. The molecular formula is C14H23N3O2S2. The normalized spacial score (nSPS) is 13.3. The summed E-state index contributed by atoms with van der Waals surface area (Å²) in [5.41, 5.74) is 5.67.